The van der Waals surface area contributed by atoms with Crippen molar-refractivity contribution in [1.29, 1.82) is 0 Å². The molecule has 7 heteroatoms. The van der Waals surface area contributed by atoms with Crippen LogP contribution in [0.3, 0.4) is 0 Å². The molecule has 1 unspecified atom stereocenters. The Balaban J connectivity index is 0.00000162. The summed E-state index contributed by atoms with van der Waals surface area (Å²) in [6, 6.07) is -0.130. The summed E-state index contributed by atoms with van der Waals surface area (Å²) in [4.78, 5) is 25.3. The normalized spacial score (nSPS) is 23.3. The topological polar surface area (TPSA) is 61.4 Å². The van der Waals surface area contributed by atoms with Crippen molar-refractivity contribution in [2.45, 2.75) is 25.3 Å². The van der Waals surface area contributed by atoms with Gasteiger partial charge < -0.3 is 10.2 Å². The van der Waals surface area contributed by atoms with Gasteiger partial charge in [-0.15, -0.1) is 24.2 Å². The van der Waals surface area contributed by atoms with E-state index in [-0.39, 0.29) is 36.8 Å². The van der Waals surface area contributed by atoms with E-state index >= 15 is 0 Å². The number of amides is 2. The standard InChI is InChI=1S/C11H19N3O2S.ClH/c15-10(14-4-2-1-3-5-14)6-12-11(16)9-7-17-8-13-9;/h9,13H,1-8H2,(H,12,16);1H. The smallest absolute Gasteiger partial charge is 0.241 e. The Kier molecular flexibility index (Phi) is 6.81. The Bertz CT molecular complexity index is 292. The van der Waals surface area contributed by atoms with Crippen LogP contribution in [0.15, 0.2) is 0 Å². The minimum absolute atomic E-state index is 0. The highest BCUT2D eigenvalue weighted by Gasteiger charge is 2.23. The van der Waals surface area contributed by atoms with Gasteiger partial charge in [-0.3, -0.25) is 14.9 Å². The summed E-state index contributed by atoms with van der Waals surface area (Å²) in [7, 11) is 0. The van der Waals surface area contributed by atoms with Gasteiger partial charge in [0.2, 0.25) is 11.8 Å². The molecule has 0 aromatic heterocycles. The van der Waals surface area contributed by atoms with Crippen LogP contribution in [0.25, 0.3) is 0 Å². The molecule has 18 heavy (non-hydrogen) atoms. The van der Waals surface area contributed by atoms with Crippen molar-refractivity contribution in [3.63, 3.8) is 0 Å². The van der Waals surface area contributed by atoms with Crippen LogP contribution in [-0.2, 0) is 9.59 Å². The molecule has 0 aromatic rings. The van der Waals surface area contributed by atoms with Crippen molar-refractivity contribution in [2.24, 2.45) is 0 Å². The number of piperidine rings is 1. The first-order chi connectivity index (χ1) is 8.27. The zero-order chi connectivity index (χ0) is 12.1. The largest absolute Gasteiger partial charge is 0.346 e. The van der Waals surface area contributed by atoms with Crippen LogP contribution >= 0.6 is 24.2 Å². The summed E-state index contributed by atoms with van der Waals surface area (Å²) >= 11 is 1.71. The zero-order valence-electron chi connectivity index (χ0n) is 10.3. The fourth-order valence-corrected chi connectivity index (χ4v) is 3.05. The Labute approximate surface area is 118 Å². The number of carbonyl (C=O) groups is 2. The van der Waals surface area contributed by atoms with Crippen LogP contribution in [0.4, 0.5) is 0 Å². The zero-order valence-corrected chi connectivity index (χ0v) is 11.9. The third-order valence-corrected chi connectivity index (χ3v) is 4.10. The second-order valence-corrected chi connectivity index (χ2v) is 5.46. The molecule has 0 radical (unpaired) electrons. The van der Waals surface area contributed by atoms with Crippen LogP contribution in [0.1, 0.15) is 19.3 Å². The molecule has 0 aromatic carbocycles. The van der Waals surface area contributed by atoms with Gasteiger partial charge in [-0.25, -0.2) is 0 Å². The third kappa shape index (κ3) is 4.33. The number of carbonyl (C=O) groups excluding carboxylic acids is 2. The van der Waals surface area contributed by atoms with Crippen LogP contribution in [-0.4, -0.2) is 54.0 Å². The number of thioether (sulfide) groups is 1. The number of hydrogen-bond donors (Lipinski definition) is 2. The molecule has 5 nitrogen and oxygen atoms in total. The molecule has 2 aliphatic heterocycles. The number of likely N-dealkylation sites (tertiary alicyclic amines) is 1. The molecule has 2 aliphatic rings. The predicted octanol–water partition coefficient (Wildman–Crippen LogP) is 0.199. The molecule has 0 bridgehead atoms. The van der Waals surface area contributed by atoms with E-state index in [1.54, 1.807) is 11.8 Å². The number of halogens is 1. The van der Waals surface area contributed by atoms with E-state index in [1.807, 2.05) is 4.90 Å². The van der Waals surface area contributed by atoms with E-state index in [0.29, 0.717) is 0 Å². The molecule has 2 N–H and O–H groups in total. The maximum Gasteiger partial charge on any atom is 0.241 e. The van der Waals surface area contributed by atoms with Crippen LogP contribution < -0.4 is 10.6 Å². The minimum atomic E-state index is -0.130. The molecular weight excluding hydrogens is 274 g/mol. The first-order valence-electron chi connectivity index (χ1n) is 6.14. The van der Waals surface area contributed by atoms with Gasteiger partial charge in [0, 0.05) is 24.7 Å². The van der Waals surface area contributed by atoms with Crippen molar-refractivity contribution < 1.29 is 9.59 Å². The van der Waals surface area contributed by atoms with Crippen molar-refractivity contribution in [1.82, 2.24) is 15.5 Å². The first kappa shape index (κ1) is 15.6. The summed E-state index contributed by atoms with van der Waals surface area (Å²) < 4.78 is 0. The minimum Gasteiger partial charge on any atom is -0.346 e. The lowest BCUT2D eigenvalue weighted by Crippen LogP contribution is -2.47. The molecule has 0 spiro atoms. The quantitative estimate of drug-likeness (QED) is 0.780. The summed E-state index contributed by atoms with van der Waals surface area (Å²) in [5, 5.41) is 5.80. The van der Waals surface area contributed by atoms with Crippen molar-refractivity contribution in [3.8, 4) is 0 Å². The summed E-state index contributed by atoms with van der Waals surface area (Å²) in [6.45, 7) is 1.82. The second kappa shape index (κ2) is 7.86. The lowest BCUT2D eigenvalue weighted by Gasteiger charge is -2.26. The van der Waals surface area contributed by atoms with E-state index in [9.17, 15) is 9.59 Å². The van der Waals surface area contributed by atoms with E-state index in [0.717, 1.165) is 37.6 Å². The van der Waals surface area contributed by atoms with E-state index in [4.69, 9.17) is 0 Å². The van der Waals surface area contributed by atoms with Gasteiger partial charge in [0.25, 0.3) is 0 Å². The Morgan fingerprint density at radius 3 is 2.61 bits per heavy atom. The Hall–Kier alpha value is -0.460. The molecule has 2 rings (SSSR count). The van der Waals surface area contributed by atoms with Crippen LogP contribution in [0, 0.1) is 0 Å². The molecule has 2 amide bonds. The van der Waals surface area contributed by atoms with Crippen molar-refractivity contribution in [2.75, 3.05) is 31.3 Å². The van der Waals surface area contributed by atoms with Gasteiger partial charge in [-0.2, -0.15) is 0 Å². The highest BCUT2D eigenvalue weighted by molar-refractivity contribution is 7.99. The third-order valence-electron chi connectivity index (χ3n) is 3.16. The fourth-order valence-electron chi connectivity index (χ4n) is 2.10. The summed E-state index contributed by atoms with van der Waals surface area (Å²) in [5.41, 5.74) is 0. The van der Waals surface area contributed by atoms with Gasteiger partial charge in [-0.1, -0.05) is 0 Å². The highest BCUT2D eigenvalue weighted by atomic mass is 35.5. The molecule has 2 saturated heterocycles. The maximum absolute atomic E-state index is 11.8. The first-order valence-corrected chi connectivity index (χ1v) is 7.29. The molecule has 2 fully saturated rings. The second-order valence-electron chi connectivity index (χ2n) is 4.43. The van der Waals surface area contributed by atoms with Crippen molar-refractivity contribution in [3.05, 3.63) is 0 Å². The van der Waals surface area contributed by atoms with Gasteiger partial charge >= 0.3 is 0 Å². The molecular formula is C11H20ClN3O2S. The Morgan fingerprint density at radius 1 is 1.28 bits per heavy atom. The average molecular weight is 294 g/mol. The van der Waals surface area contributed by atoms with E-state index < -0.39 is 0 Å². The molecule has 0 aliphatic carbocycles. The number of hydrogen-bond acceptors (Lipinski definition) is 4. The molecule has 1 atom stereocenters. The van der Waals surface area contributed by atoms with Crippen LogP contribution in [0.5, 0.6) is 0 Å². The maximum atomic E-state index is 11.8. The van der Waals surface area contributed by atoms with Gasteiger partial charge in [0.05, 0.1) is 12.6 Å². The number of rotatable bonds is 3. The van der Waals surface area contributed by atoms with Gasteiger partial charge in [-0.05, 0) is 19.3 Å². The monoisotopic (exact) mass is 293 g/mol. The highest BCUT2D eigenvalue weighted by Crippen LogP contribution is 2.10. The Morgan fingerprint density at radius 2 is 2.00 bits per heavy atom. The lowest BCUT2D eigenvalue weighted by molar-refractivity contribution is -0.133. The predicted molar refractivity (Wildman–Crippen MR) is 74.9 cm³/mol. The van der Waals surface area contributed by atoms with Crippen LogP contribution in [0.2, 0.25) is 0 Å². The van der Waals surface area contributed by atoms with Gasteiger partial charge in [0.1, 0.15) is 0 Å². The fraction of sp³-hybridized carbons (Fsp3) is 0.818. The summed E-state index contributed by atoms with van der Waals surface area (Å²) in [5.74, 6) is 1.60. The molecule has 104 valence electrons. The number of nitrogens with zero attached hydrogens (tertiary/aromatic N) is 1. The lowest BCUT2D eigenvalue weighted by atomic mass is 10.1. The summed E-state index contributed by atoms with van der Waals surface area (Å²) in [6.07, 6.45) is 3.38. The van der Waals surface area contributed by atoms with E-state index in [2.05, 4.69) is 10.6 Å². The average Bonchev–Trinajstić information content (AvgIpc) is 2.90. The van der Waals surface area contributed by atoms with Gasteiger partial charge in [0.15, 0.2) is 0 Å². The van der Waals surface area contributed by atoms with E-state index in [1.165, 1.54) is 6.42 Å². The molecule has 2 heterocycles. The SMILES string of the molecule is Cl.O=C(NCC(=O)N1CCCCC1)C1CSCN1. The number of nitrogens with one attached hydrogen (secondary N) is 2. The molecule has 0 saturated carbocycles. The van der Waals surface area contributed by atoms with Crippen molar-refractivity contribution >= 4 is 36.0 Å².